The third-order valence-electron chi connectivity index (χ3n) is 3.82. The molecule has 1 N–H and O–H groups in total. The third kappa shape index (κ3) is 3.43. The van der Waals surface area contributed by atoms with Crippen molar-refractivity contribution in [2.45, 2.75) is 37.7 Å². The largest absolute Gasteiger partial charge is 0.332 e. The fourth-order valence-corrected chi connectivity index (χ4v) is 3.33. The third-order valence-corrected chi connectivity index (χ3v) is 4.69. The highest BCUT2D eigenvalue weighted by Gasteiger charge is 2.12. The summed E-state index contributed by atoms with van der Waals surface area (Å²) in [5, 5.41) is 0.614. The lowest BCUT2D eigenvalue weighted by atomic mass is 10.1. The summed E-state index contributed by atoms with van der Waals surface area (Å²) in [5.74, 6) is 1.63. The summed E-state index contributed by atoms with van der Waals surface area (Å²) in [7, 11) is 0. The van der Waals surface area contributed by atoms with E-state index < -0.39 is 0 Å². The molecule has 0 aliphatic heterocycles. The topological polar surface area (TPSA) is 63.6 Å². The van der Waals surface area contributed by atoms with E-state index in [1.54, 1.807) is 13.1 Å². The Kier molecular flexibility index (Phi) is 4.85. The van der Waals surface area contributed by atoms with Gasteiger partial charge < -0.3 is 9.55 Å². The number of hydrogen-bond acceptors (Lipinski definition) is 4. The van der Waals surface area contributed by atoms with Gasteiger partial charge in [0.25, 0.3) is 5.56 Å². The molecule has 124 valence electrons. The molecule has 6 heteroatoms. The first-order valence-corrected chi connectivity index (χ1v) is 8.85. The van der Waals surface area contributed by atoms with Crippen molar-refractivity contribution in [3.63, 3.8) is 0 Å². The van der Waals surface area contributed by atoms with E-state index in [0.29, 0.717) is 22.5 Å². The molecule has 0 aliphatic carbocycles. The first-order chi connectivity index (χ1) is 11.6. The van der Waals surface area contributed by atoms with Crippen LogP contribution in [-0.2, 0) is 5.75 Å². The molecule has 0 bridgehead atoms. The second-order valence-corrected chi connectivity index (χ2v) is 6.81. The standard InChI is InChI=1S/C18H20N4OS/c1-12(2)22-10-9-19-15(22)11-24-18-20-16(13(3)17(23)21-18)14-7-5-4-6-8-14/h4-10,12H,11H2,1-3H3,(H,20,21,23). The number of benzene rings is 1. The van der Waals surface area contributed by atoms with Gasteiger partial charge in [0, 0.05) is 29.6 Å². The first kappa shape index (κ1) is 16.5. The van der Waals surface area contributed by atoms with Crippen LogP contribution in [0.4, 0.5) is 0 Å². The Hall–Kier alpha value is -2.34. The molecule has 0 amide bonds. The van der Waals surface area contributed by atoms with Crippen molar-refractivity contribution in [3.05, 3.63) is 64.5 Å². The summed E-state index contributed by atoms with van der Waals surface area (Å²) in [6.07, 6.45) is 3.78. The molecule has 3 aromatic rings. The van der Waals surface area contributed by atoms with Crippen LogP contribution in [0.2, 0.25) is 0 Å². The van der Waals surface area contributed by atoms with E-state index in [0.717, 1.165) is 17.1 Å². The van der Waals surface area contributed by atoms with Crippen LogP contribution in [-0.4, -0.2) is 19.5 Å². The molecule has 0 saturated carbocycles. The molecule has 0 aliphatic rings. The van der Waals surface area contributed by atoms with E-state index in [-0.39, 0.29) is 5.56 Å². The summed E-state index contributed by atoms with van der Waals surface area (Å²) in [6, 6.07) is 10.1. The van der Waals surface area contributed by atoms with Gasteiger partial charge in [0.1, 0.15) is 5.82 Å². The number of H-pyrrole nitrogens is 1. The second kappa shape index (κ2) is 7.05. The maximum Gasteiger partial charge on any atom is 0.255 e. The molecule has 0 spiro atoms. The smallest absolute Gasteiger partial charge is 0.255 e. The molecule has 5 nitrogen and oxygen atoms in total. The molecule has 0 unspecified atom stereocenters. The fraction of sp³-hybridized carbons (Fsp3) is 0.278. The Balaban J connectivity index is 1.88. The van der Waals surface area contributed by atoms with Gasteiger partial charge in [-0.2, -0.15) is 0 Å². The minimum Gasteiger partial charge on any atom is -0.332 e. The van der Waals surface area contributed by atoms with Gasteiger partial charge >= 0.3 is 0 Å². The highest BCUT2D eigenvalue weighted by atomic mass is 32.2. The molecule has 0 atom stereocenters. The molecule has 24 heavy (non-hydrogen) atoms. The average molecular weight is 340 g/mol. The van der Waals surface area contributed by atoms with E-state index in [1.165, 1.54) is 11.8 Å². The van der Waals surface area contributed by atoms with Crippen molar-refractivity contribution in [1.29, 1.82) is 0 Å². The zero-order chi connectivity index (χ0) is 17.1. The molecule has 0 radical (unpaired) electrons. The minimum absolute atomic E-state index is 0.0986. The predicted octanol–water partition coefficient (Wildman–Crippen LogP) is 3.82. The summed E-state index contributed by atoms with van der Waals surface area (Å²) < 4.78 is 2.12. The quantitative estimate of drug-likeness (QED) is 0.566. The van der Waals surface area contributed by atoms with Crippen LogP contribution in [0.5, 0.6) is 0 Å². The second-order valence-electron chi connectivity index (χ2n) is 5.84. The van der Waals surface area contributed by atoms with E-state index in [2.05, 4.69) is 33.4 Å². The van der Waals surface area contributed by atoms with Crippen LogP contribution >= 0.6 is 11.8 Å². The van der Waals surface area contributed by atoms with Crippen LogP contribution in [0.25, 0.3) is 11.3 Å². The molecule has 2 heterocycles. The molecular weight excluding hydrogens is 320 g/mol. The van der Waals surface area contributed by atoms with Gasteiger partial charge in [0.2, 0.25) is 0 Å². The fourth-order valence-electron chi connectivity index (χ4n) is 2.52. The molecule has 0 fully saturated rings. The summed E-state index contributed by atoms with van der Waals surface area (Å²) in [4.78, 5) is 24.1. The summed E-state index contributed by atoms with van der Waals surface area (Å²) in [5.41, 5.74) is 2.22. The average Bonchev–Trinajstić information content (AvgIpc) is 3.05. The number of aromatic nitrogens is 4. The number of hydrogen-bond donors (Lipinski definition) is 1. The zero-order valence-corrected chi connectivity index (χ0v) is 14.8. The van der Waals surface area contributed by atoms with E-state index in [1.807, 2.05) is 36.5 Å². The Morgan fingerprint density at radius 1 is 1.25 bits per heavy atom. The van der Waals surface area contributed by atoms with Gasteiger partial charge in [-0.1, -0.05) is 42.1 Å². The number of rotatable bonds is 5. The van der Waals surface area contributed by atoms with Gasteiger partial charge in [-0.25, -0.2) is 9.97 Å². The number of thioether (sulfide) groups is 1. The van der Waals surface area contributed by atoms with E-state index in [4.69, 9.17) is 0 Å². The predicted molar refractivity (Wildman–Crippen MR) is 97.2 cm³/mol. The van der Waals surface area contributed by atoms with Crippen LogP contribution < -0.4 is 5.56 Å². The van der Waals surface area contributed by atoms with Gasteiger partial charge in [0.15, 0.2) is 5.16 Å². The maximum absolute atomic E-state index is 12.2. The van der Waals surface area contributed by atoms with Gasteiger partial charge in [-0.15, -0.1) is 0 Å². The lowest BCUT2D eigenvalue weighted by Crippen LogP contribution is -2.14. The van der Waals surface area contributed by atoms with Crippen LogP contribution in [0, 0.1) is 6.92 Å². The Morgan fingerprint density at radius 2 is 2.00 bits per heavy atom. The lowest BCUT2D eigenvalue weighted by molar-refractivity contribution is 0.580. The monoisotopic (exact) mass is 340 g/mol. The zero-order valence-electron chi connectivity index (χ0n) is 14.0. The molecular formula is C18H20N4OS. The highest BCUT2D eigenvalue weighted by molar-refractivity contribution is 7.98. The normalized spacial score (nSPS) is 11.2. The SMILES string of the molecule is Cc1c(-c2ccccc2)nc(SCc2nccn2C(C)C)[nH]c1=O. The Bertz CT molecular complexity index is 884. The Morgan fingerprint density at radius 3 is 2.71 bits per heavy atom. The molecule has 2 aromatic heterocycles. The van der Waals surface area contributed by atoms with Crippen molar-refractivity contribution >= 4 is 11.8 Å². The van der Waals surface area contributed by atoms with Crippen LogP contribution in [0.1, 0.15) is 31.3 Å². The number of nitrogens with zero attached hydrogens (tertiary/aromatic N) is 3. The van der Waals surface area contributed by atoms with E-state index in [9.17, 15) is 4.79 Å². The number of aromatic amines is 1. The summed E-state index contributed by atoms with van der Waals surface area (Å²) in [6.45, 7) is 6.04. The highest BCUT2D eigenvalue weighted by Crippen LogP contribution is 2.24. The number of imidazole rings is 1. The van der Waals surface area contributed by atoms with Gasteiger partial charge in [-0.3, -0.25) is 4.79 Å². The molecule has 1 aromatic carbocycles. The van der Waals surface area contributed by atoms with Gasteiger partial charge in [-0.05, 0) is 20.8 Å². The molecule has 0 saturated heterocycles. The van der Waals surface area contributed by atoms with Gasteiger partial charge in [0.05, 0.1) is 11.4 Å². The molecule has 3 rings (SSSR count). The lowest BCUT2D eigenvalue weighted by Gasteiger charge is -2.11. The van der Waals surface area contributed by atoms with Crippen molar-refractivity contribution < 1.29 is 0 Å². The van der Waals surface area contributed by atoms with Crippen molar-refractivity contribution in [3.8, 4) is 11.3 Å². The van der Waals surface area contributed by atoms with Crippen molar-refractivity contribution in [2.75, 3.05) is 0 Å². The van der Waals surface area contributed by atoms with Crippen molar-refractivity contribution in [1.82, 2.24) is 19.5 Å². The first-order valence-electron chi connectivity index (χ1n) is 7.87. The summed E-state index contributed by atoms with van der Waals surface area (Å²) >= 11 is 1.49. The van der Waals surface area contributed by atoms with Crippen LogP contribution in [0.3, 0.4) is 0 Å². The maximum atomic E-state index is 12.2. The van der Waals surface area contributed by atoms with Crippen molar-refractivity contribution in [2.24, 2.45) is 0 Å². The number of nitrogens with one attached hydrogen (secondary N) is 1. The van der Waals surface area contributed by atoms with E-state index >= 15 is 0 Å². The van der Waals surface area contributed by atoms with Crippen LogP contribution in [0.15, 0.2) is 52.7 Å². The Labute approximate surface area is 145 Å². The minimum atomic E-state index is -0.0986.